The highest BCUT2D eigenvalue weighted by Gasteiger charge is 2.39. The van der Waals surface area contributed by atoms with E-state index in [1.54, 1.807) is 4.90 Å². The molecule has 1 N–H and O–H groups in total. The molecule has 4 heterocycles. The smallest absolute Gasteiger partial charge is 0.276 e. The monoisotopic (exact) mass is 397 g/mol. The largest absolute Gasteiger partial charge is 0.336 e. The molecule has 29 heavy (non-hydrogen) atoms. The van der Waals surface area contributed by atoms with Gasteiger partial charge in [-0.05, 0) is 32.1 Å². The summed E-state index contributed by atoms with van der Waals surface area (Å²) in [6.07, 6.45) is 4.38. The number of nitrogens with one attached hydrogen (secondary N) is 1. The molecule has 3 aliphatic rings. The van der Waals surface area contributed by atoms with Gasteiger partial charge in [0.05, 0.1) is 24.0 Å². The van der Waals surface area contributed by atoms with Gasteiger partial charge in [0.25, 0.3) is 5.56 Å². The topological polar surface area (TPSA) is 90.8 Å². The molecule has 0 spiro atoms. The normalized spacial score (nSPS) is 21.8. The van der Waals surface area contributed by atoms with E-state index in [2.05, 4.69) is 5.10 Å². The third-order valence-corrected chi connectivity index (χ3v) is 6.41. The Morgan fingerprint density at radius 3 is 2.72 bits per heavy atom. The Labute approximate surface area is 168 Å². The standard InChI is InChI=1S/C21H27N5O3/c1-12(2)19(27)24-9-7-14-16(11-24)22-18-10-15(23-26(18)21(14)29)17-4-3-8-25(17)20(28)13-5-6-13/h10,12-13,17,23H,3-9,11H2,1-2H3. The van der Waals surface area contributed by atoms with Crippen LogP contribution in [0.25, 0.3) is 5.65 Å². The number of aromatic amines is 1. The van der Waals surface area contributed by atoms with Crippen molar-refractivity contribution in [2.75, 3.05) is 13.1 Å². The molecule has 1 atom stereocenters. The molecule has 1 saturated carbocycles. The van der Waals surface area contributed by atoms with Crippen molar-refractivity contribution in [3.63, 3.8) is 0 Å². The Morgan fingerprint density at radius 1 is 1.21 bits per heavy atom. The minimum atomic E-state index is -0.0917. The van der Waals surface area contributed by atoms with Crippen LogP contribution in [0.4, 0.5) is 0 Å². The van der Waals surface area contributed by atoms with E-state index in [-0.39, 0.29) is 35.3 Å². The highest BCUT2D eigenvalue weighted by Crippen LogP contribution is 2.38. The van der Waals surface area contributed by atoms with Crippen molar-refractivity contribution >= 4 is 17.5 Å². The molecule has 5 rings (SSSR count). The van der Waals surface area contributed by atoms with Crippen molar-refractivity contribution in [1.29, 1.82) is 0 Å². The molecule has 8 nitrogen and oxygen atoms in total. The number of nitrogens with zero attached hydrogens (tertiary/aromatic N) is 4. The van der Waals surface area contributed by atoms with Crippen molar-refractivity contribution in [3.05, 3.63) is 33.4 Å². The summed E-state index contributed by atoms with van der Waals surface area (Å²) >= 11 is 0. The lowest BCUT2D eigenvalue weighted by Gasteiger charge is -2.29. The zero-order valence-corrected chi connectivity index (χ0v) is 17.0. The van der Waals surface area contributed by atoms with Crippen LogP contribution in [0.5, 0.6) is 0 Å². The fraction of sp³-hybridized carbons (Fsp3) is 0.619. The molecule has 0 bridgehead atoms. The lowest BCUT2D eigenvalue weighted by Crippen LogP contribution is -2.41. The van der Waals surface area contributed by atoms with Crippen LogP contribution in [0.3, 0.4) is 0 Å². The first kappa shape index (κ1) is 18.4. The maximum absolute atomic E-state index is 13.1. The second-order valence-corrected chi connectivity index (χ2v) is 8.88. The average molecular weight is 397 g/mol. The number of fused-ring (bicyclic) bond motifs is 2. The zero-order valence-electron chi connectivity index (χ0n) is 17.0. The Hall–Kier alpha value is -2.64. The third kappa shape index (κ3) is 3.05. The number of carbonyl (C=O) groups is 2. The van der Waals surface area contributed by atoms with Crippen LogP contribution in [0.15, 0.2) is 10.9 Å². The second kappa shape index (κ2) is 6.71. The van der Waals surface area contributed by atoms with Crippen molar-refractivity contribution in [1.82, 2.24) is 24.4 Å². The van der Waals surface area contributed by atoms with E-state index in [1.807, 2.05) is 24.8 Å². The Morgan fingerprint density at radius 2 is 2.00 bits per heavy atom. The van der Waals surface area contributed by atoms with Crippen LogP contribution in [0, 0.1) is 11.8 Å². The molecule has 2 aromatic rings. The molecule has 1 saturated heterocycles. The first-order valence-corrected chi connectivity index (χ1v) is 10.7. The van der Waals surface area contributed by atoms with Crippen LogP contribution < -0.4 is 5.56 Å². The molecule has 0 aromatic carbocycles. The minimum absolute atomic E-state index is 0.0137. The van der Waals surface area contributed by atoms with Gasteiger partial charge in [-0.2, -0.15) is 0 Å². The summed E-state index contributed by atoms with van der Waals surface area (Å²) in [6, 6.07) is 1.88. The SMILES string of the molecule is CC(C)C(=O)N1CCc2c(nc3cc(C4CCCN4C(=O)C4CC4)[nH]n3c2=O)C1. The number of rotatable bonds is 3. The average Bonchev–Trinajstić information content (AvgIpc) is 3.28. The molecule has 0 radical (unpaired) electrons. The fourth-order valence-corrected chi connectivity index (χ4v) is 4.65. The zero-order chi connectivity index (χ0) is 20.3. The summed E-state index contributed by atoms with van der Waals surface area (Å²) in [6.45, 7) is 5.48. The first-order chi connectivity index (χ1) is 13.9. The second-order valence-electron chi connectivity index (χ2n) is 8.88. The first-order valence-electron chi connectivity index (χ1n) is 10.7. The molecule has 1 unspecified atom stereocenters. The van der Waals surface area contributed by atoms with E-state index in [4.69, 9.17) is 4.98 Å². The predicted molar refractivity (Wildman–Crippen MR) is 106 cm³/mol. The van der Waals surface area contributed by atoms with Crippen molar-refractivity contribution in [2.45, 2.75) is 58.5 Å². The lowest BCUT2D eigenvalue weighted by molar-refractivity contribution is -0.135. The molecule has 1 aliphatic carbocycles. The lowest BCUT2D eigenvalue weighted by atomic mass is 10.0. The number of H-pyrrole nitrogens is 1. The summed E-state index contributed by atoms with van der Waals surface area (Å²) < 4.78 is 1.51. The number of likely N-dealkylation sites (tertiary alicyclic amines) is 1. The summed E-state index contributed by atoms with van der Waals surface area (Å²) in [5.74, 6) is 0.455. The molecule has 8 heteroatoms. The Kier molecular flexibility index (Phi) is 4.26. The minimum Gasteiger partial charge on any atom is -0.336 e. The number of carbonyl (C=O) groups excluding carboxylic acids is 2. The van der Waals surface area contributed by atoms with Gasteiger partial charge in [-0.15, -0.1) is 0 Å². The predicted octanol–water partition coefficient (Wildman–Crippen LogP) is 1.64. The van der Waals surface area contributed by atoms with Gasteiger partial charge < -0.3 is 9.80 Å². The summed E-state index contributed by atoms with van der Waals surface area (Å²) in [7, 11) is 0. The van der Waals surface area contributed by atoms with E-state index < -0.39 is 0 Å². The van der Waals surface area contributed by atoms with Gasteiger partial charge in [0.1, 0.15) is 0 Å². The summed E-state index contributed by atoms with van der Waals surface area (Å²) in [5.41, 5.74) is 2.72. The highest BCUT2D eigenvalue weighted by atomic mass is 16.2. The van der Waals surface area contributed by atoms with Crippen LogP contribution >= 0.6 is 0 Å². The fourth-order valence-electron chi connectivity index (χ4n) is 4.65. The van der Waals surface area contributed by atoms with Gasteiger partial charge in [0.15, 0.2) is 5.65 Å². The van der Waals surface area contributed by atoms with Gasteiger partial charge in [0, 0.05) is 36.6 Å². The van der Waals surface area contributed by atoms with Crippen LogP contribution in [-0.4, -0.2) is 49.3 Å². The van der Waals surface area contributed by atoms with Gasteiger partial charge in [0.2, 0.25) is 11.8 Å². The third-order valence-electron chi connectivity index (χ3n) is 6.41. The van der Waals surface area contributed by atoms with Gasteiger partial charge in [-0.3, -0.25) is 19.5 Å². The van der Waals surface area contributed by atoms with Crippen molar-refractivity contribution in [3.8, 4) is 0 Å². The van der Waals surface area contributed by atoms with Crippen LogP contribution in [-0.2, 0) is 22.6 Å². The van der Waals surface area contributed by atoms with Crippen molar-refractivity contribution < 1.29 is 9.59 Å². The number of amides is 2. The maximum atomic E-state index is 13.1. The molecule has 2 aromatic heterocycles. The van der Waals surface area contributed by atoms with Gasteiger partial charge in [-0.25, -0.2) is 9.50 Å². The number of hydrogen-bond donors (Lipinski definition) is 1. The maximum Gasteiger partial charge on any atom is 0.276 e. The van der Waals surface area contributed by atoms with Gasteiger partial charge >= 0.3 is 0 Å². The van der Waals surface area contributed by atoms with E-state index >= 15 is 0 Å². The van der Waals surface area contributed by atoms with E-state index in [1.165, 1.54) is 4.52 Å². The van der Waals surface area contributed by atoms with Crippen LogP contribution in [0.2, 0.25) is 0 Å². The Bertz CT molecular complexity index is 1050. The molecular formula is C21H27N5O3. The number of aromatic nitrogens is 3. The molecule has 154 valence electrons. The highest BCUT2D eigenvalue weighted by molar-refractivity contribution is 5.81. The molecular weight excluding hydrogens is 370 g/mol. The summed E-state index contributed by atoms with van der Waals surface area (Å²) in [4.78, 5) is 46.5. The quantitative estimate of drug-likeness (QED) is 0.852. The summed E-state index contributed by atoms with van der Waals surface area (Å²) in [5, 5.41) is 3.22. The van der Waals surface area contributed by atoms with E-state index in [0.29, 0.717) is 36.4 Å². The molecule has 2 fully saturated rings. The molecule has 2 aliphatic heterocycles. The van der Waals surface area contributed by atoms with E-state index in [9.17, 15) is 14.4 Å². The number of hydrogen-bond acceptors (Lipinski definition) is 4. The van der Waals surface area contributed by atoms with E-state index in [0.717, 1.165) is 37.9 Å². The Balaban J connectivity index is 1.48. The van der Waals surface area contributed by atoms with Gasteiger partial charge in [-0.1, -0.05) is 13.8 Å². The molecule has 2 amide bonds. The van der Waals surface area contributed by atoms with Crippen LogP contribution in [0.1, 0.15) is 62.5 Å². The van der Waals surface area contributed by atoms with Crippen molar-refractivity contribution in [2.24, 2.45) is 11.8 Å².